The molecule has 6 nitrogen and oxygen atoms in total. The van der Waals surface area contributed by atoms with E-state index < -0.39 is 9.84 Å². The van der Waals surface area contributed by atoms with E-state index in [2.05, 4.69) is 5.16 Å². The molecule has 0 bridgehead atoms. The summed E-state index contributed by atoms with van der Waals surface area (Å²) in [7, 11) is -3.04. The second kappa shape index (κ2) is 5.92. The maximum absolute atomic E-state index is 11.0. The van der Waals surface area contributed by atoms with Gasteiger partial charge in [-0.2, -0.15) is 0 Å². The monoisotopic (exact) mass is 286 g/mol. The highest BCUT2D eigenvalue weighted by atomic mass is 32.2. The van der Waals surface area contributed by atoms with Crippen molar-refractivity contribution in [1.29, 1.82) is 0 Å². The van der Waals surface area contributed by atoms with Gasteiger partial charge in [0.1, 0.15) is 12.4 Å². The molecule has 0 amide bonds. The fourth-order valence-electron chi connectivity index (χ4n) is 1.68. The SMILES string of the molecule is Cc1cc(C(N)=NO)cc(C)c1OCCS(C)(=O)=O. The Balaban J connectivity index is 2.92. The topological polar surface area (TPSA) is 102 Å². The van der Waals surface area contributed by atoms with Gasteiger partial charge in [-0.15, -0.1) is 0 Å². The zero-order valence-electron chi connectivity index (χ0n) is 11.2. The summed E-state index contributed by atoms with van der Waals surface area (Å²) in [4.78, 5) is 0. The molecule has 7 heteroatoms. The molecular formula is C12H18N2O4S. The summed E-state index contributed by atoms with van der Waals surface area (Å²) in [6.45, 7) is 3.73. The van der Waals surface area contributed by atoms with Crippen LogP contribution in [0.3, 0.4) is 0 Å². The Morgan fingerprint density at radius 3 is 2.32 bits per heavy atom. The average molecular weight is 286 g/mol. The molecule has 0 saturated carbocycles. The molecule has 0 saturated heterocycles. The van der Waals surface area contributed by atoms with Crippen molar-refractivity contribution in [3.05, 3.63) is 28.8 Å². The highest BCUT2D eigenvalue weighted by molar-refractivity contribution is 7.90. The molecule has 0 aliphatic heterocycles. The van der Waals surface area contributed by atoms with Gasteiger partial charge < -0.3 is 15.7 Å². The van der Waals surface area contributed by atoms with Crippen LogP contribution in [0.25, 0.3) is 0 Å². The lowest BCUT2D eigenvalue weighted by Gasteiger charge is -2.13. The molecule has 0 aliphatic carbocycles. The molecule has 1 aromatic carbocycles. The Labute approximate surface area is 112 Å². The molecule has 0 heterocycles. The summed E-state index contributed by atoms with van der Waals surface area (Å²) >= 11 is 0. The normalized spacial score (nSPS) is 12.5. The highest BCUT2D eigenvalue weighted by Gasteiger charge is 2.10. The maximum atomic E-state index is 11.0. The fourth-order valence-corrected chi connectivity index (χ4v) is 2.06. The predicted molar refractivity (Wildman–Crippen MR) is 73.6 cm³/mol. The standard InChI is InChI=1S/C12H18N2O4S/c1-8-6-10(12(13)14-15)7-9(2)11(8)18-4-5-19(3,16)17/h6-7,15H,4-5H2,1-3H3,(H2,13,14). The summed E-state index contributed by atoms with van der Waals surface area (Å²) in [5.41, 5.74) is 7.71. The maximum Gasteiger partial charge on any atom is 0.170 e. The van der Waals surface area contributed by atoms with Crippen molar-refractivity contribution in [2.45, 2.75) is 13.8 Å². The number of rotatable bonds is 5. The first-order valence-electron chi connectivity index (χ1n) is 5.64. The van der Waals surface area contributed by atoms with Gasteiger partial charge in [-0.05, 0) is 37.1 Å². The molecule has 1 rings (SSSR count). The third kappa shape index (κ3) is 4.44. The van der Waals surface area contributed by atoms with Crippen LogP contribution in [-0.4, -0.2) is 38.1 Å². The van der Waals surface area contributed by atoms with E-state index in [9.17, 15) is 8.42 Å². The second-order valence-electron chi connectivity index (χ2n) is 4.40. The van der Waals surface area contributed by atoms with Crippen molar-refractivity contribution >= 4 is 15.7 Å². The van der Waals surface area contributed by atoms with Gasteiger partial charge in [0.15, 0.2) is 15.7 Å². The largest absolute Gasteiger partial charge is 0.492 e. The number of benzene rings is 1. The van der Waals surface area contributed by atoms with Crippen molar-refractivity contribution in [3.63, 3.8) is 0 Å². The zero-order chi connectivity index (χ0) is 14.6. The summed E-state index contributed by atoms with van der Waals surface area (Å²) in [6.07, 6.45) is 1.16. The molecule has 0 atom stereocenters. The molecule has 0 spiro atoms. The molecule has 0 aliphatic rings. The van der Waals surface area contributed by atoms with Gasteiger partial charge in [0.05, 0.1) is 5.75 Å². The Hall–Kier alpha value is -1.76. The quantitative estimate of drug-likeness (QED) is 0.361. The van der Waals surface area contributed by atoms with Gasteiger partial charge in [-0.25, -0.2) is 8.42 Å². The highest BCUT2D eigenvalue weighted by Crippen LogP contribution is 2.24. The minimum Gasteiger partial charge on any atom is -0.492 e. The van der Waals surface area contributed by atoms with E-state index in [1.165, 1.54) is 0 Å². The first-order valence-corrected chi connectivity index (χ1v) is 7.70. The van der Waals surface area contributed by atoms with Gasteiger partial charge >= 0.3 is 0 Å². The van der Waals surface area contributed by atoms with E-state index in [0.717, 1.165) is 17.4 Å². The van der Waals surface area contributed by atoms with Crippen LogP contribution < -0.4 is 10.5 Å². The predicted octanol–water partition coefficient (Wildman–Crippen LogP) is 0.821. The van der Waals surface area contributed by atoms with Crippen molar-refractivity contribution in [3.8, 4) is 5.75 Å². The van der Waals surface area contributed by atoms with Crippen LogP contribution in [0, 0.1) is 13.8 Å². The Morgan fingerprint density at radius 2 is 1.89 bits per heavy atom. The molecule has 0 aromatic heterocycles. The Bertz CT molecular complexity index is 571. The van der Waals surface area contributed by atoms with Gasteiger partial charge in [-0.1, -0.05) is 5.16 Å². The Kier molecular flexibility index (Phi) is 4.77. The summed E-state index contributed by atoms with van der Waals surface area (Å²) in [6, 6.07) is 3.44. The number of oxime groups is 1. The van der Waals surface area contributed by atoms with Crippen molar-refractivity contribution < 1.29 is 18.4 Å². The van der Waals surface area contributed by atoms with Crippen LogP contribution >= 0.6 is 0 Å². The summed E-state index contributed by atoms with van der Waals surface area (Å²) in [5, 5.41) is 11.6. The van der Waals surface area contributed by atoms with E-state index in [0.29, 0.717) is 11.3 Å². The molecule has 1 aromatic rings. The number of hydrogen-bond acceptors (Lipinski definition) is 5. The van der Waals surface area contributed by atoms with Crippen molar-refractivity contribution in [2.75, 3.05) is 18.6 Å². The van der Waals surface area contributed by atoms with Gasteiger partial charge in [-0.3, -0.25) is 0 Å². The number of ether oxygens (including phenoxy) is 1. The number of aryl methyl sites for hydroxylation is 2. The lowest BCUT2D eigenvalue weighted by molar-refractivity contribution is 0.318. The molecule has 106 valence electrons. The minimum atomic E-state index is -3.04. The number of sulfone groups is 1. The number of nitrogens with zero attached hydrogens (tertiary/aromatic N) is 1. The minimum absolute atomic E-state index is 0.0221. The van der Waals surface area contributed by atoms with Crippen LogP contribution in [-0.2, 0) is 9.84 Å². The summed E-state index contributed by atoms with van der Waals surface area (Å²) < 4.78 is 27.6. The molecule has 0 fully saturated rings. The van der Waals surface area contributed by atoms with Crippen LogP contribution in [0.5, 0.6) is 5.75 Å². The molecular weight excluding hydrogens is 268 g/mol. The van der Waals surface area contributed by atoms with E-state index in [-0.39, 0.29) is 18.2 Å². The smallest absolute Gasteiger partial charge is 0.170 e. The molecule has 0 unspecified atom stereocenters. The van der Waals surface area contributed by atoms with Gasteiger partial charge in [0.25, 0.3) is 0 Å². The Morgan fingerprint density at radius 1 is 1.37 bits per heavy atom. The van der Waals surface area contributed by atoms with Crippen LogP contribution in [0.15, 0.2) is 17.3 Å². The zero-order valence-corrected chi connectivity index (χ0v) is 12.0. The number of amidine groups is 1. The van der Waals surface area contributed by atoms with Crippen LogP contribution in [0.2, 0.25) is 0 Å². The number of hydrogen-bond donors (Lipinski definition) is 2. The van der Waals surface area contributed by atoms with E-state index in [4.69, 9.17) is 15.7 Å². The average Bonchev–Trinajstić information content (AvgIpc) is 2.30. The molecule has 3 N–H and O–H groups in total. The second-order valence-corrected chi connectivity index (χ2v) is 6.66. The van der Waals surface area contributed by atoms with Gasteiger partial charge in [0.2, 0.25) is 0 Å². The first kappa shape index (κ1) is 15.3. The third-order valence-corrected chi connectivity index (χ3v) is 3.47. The van der Waals surface area contributed by atoms with Gasteiger partial charge in [0, 0.05) is 11.8 Å². The van der Waals surface area contributed by atoms with E-state index in [1.54, 1.807) is 12.1 Å². The number of nitrogens with two attached hydrogens (primary N) is 1. The van der Waals surface area contributed by atoms with Crippen LogP contribution in [0.1, 0.15) is 16.7 Å². The van der Waals surface area contributed by atoms with E-state index >= 15 is 0 Å². The molecule has 19 heavy (non-hydrogen) atoms. The molecule has 0 radical (unpaired) electrons. The van der Waals surface area contributed by atoms with Crippen molar-refractivity contribution in [2.24, 2.45) is 10.9 Å². The lowest BCUT2D eigenvalue weighted by atomic mass is 10.1. The summed E-state index contributed by atoms with van der Waals surface area (Å²) in [5.74, 6) is 0.612. The fraction of sp³-hybridized carbons (Fsp3) is 0.417. The van der Waals surface area contributed by atoms with Crippen LogP contribution in [0.4, 0.5) is 0 Å². The first-order chi connectivity index (χ1) is 8.74. The third-order valence-electron chi connectivity index (χ3n) is 2.56. The van der Waals surface area contributed by atoms with Crippen molar-refractivity contribution in [1.82, 2.24) is 0 Å². The van der Waals surface area contributed by atoms with E-state index in [1.807, 2.05) is 13.8 Å². The lowest BCUT2D eigenvalue weighted by Crippen LogP contribution is -2.15.